The number of likely N-dealkylation sites (tertiary alicyclic amines) is 1. The number of carbonyl (C=O) groups is 1. The lowest BCUT2D eigenvalue weighted by Crippen LogP contribution is -2.45. The Balaban J connectivity index is 2.20. The molecule has 1 aliphatic heterocycles. The molecule has 0 spiro atoms. The average molecular weight is 329 g/mol. The first-order valence-electron chi connectivity index (χ1n) is 6.75. The second kappa shape index (κ2) is 5.67. The van der Waals surface area contributed by atoms with Crippen LogP contribution in [0, 0.1) is 5.92 Å². The fraction of sp³-hybridized carbons (Fsp3) is 0.643. The molecule has 1 aliphatic rings. The molecule has 1 aromatic heterocycles. The van der Waals surface area contributed by atoms with E-state index in [9.17, 15) is 9.90 Å². The van der Waals surface area contributed by atoms with E-state index in [1.807, 2.05) is 28.7 Å². The highest BCUT2D eigenvalue weighted by atomic mass is 79.9. The van der Waals surface area contributed by atoms with Crippen molar-refractivity contribution in [3.63, 3.8) is 0 Å². The summed E-state index contributed by atoms with van der Waals surface area (Å²) in [5, 5.41) is 9.74. The summed E-state index contributed by atoms with van der Waals surface area (Å²) in [4.78, 5) is 14.4. The highest BCUT2D eigenvalue weighted by Crippen LogP contribution is 2.23. The zero-order chi connectivity index (χ0) is 14.2. The molecule has 4 nitrogen and oxygen atoms in total. The smallest absolute Gasteiger partial charge is 0.270 e. The van der Waals surface area contributed by atoms with Crippen LogP contribution in [0.2, 0.25) is 0 Å². The van der Waals surface area contributed by atoms with Gasteiger partial charge in [0.2, 0.25) is 0 Å². The molecule has 0 aromatic carbocycles. The van der Waals surface area contributed by atoms with Crippen molar-refractivity contribution in [2.45, 2.75) is 39.3 Å². The highest BCUT2D eigenvalue weighted by molar-refractivity contribution is 9.10. The molecule has 2 unspecified atom stereocenters. The van der Waals surface area contributed by atoms with Crippen molar-refractivity contribution in [1.29, 1.82) is 0 Å². The van der Waals surface area contributed by atoms with Gasteiger partial charge < -0.3 is 14.6 Å². The Hall–Kier alpha value is -0.810. The minimum Gasteiger partial charge on any atom is -0.393 e. The molecule has 0 saturated carbocycles. The molecule has 5 heteroatoms. The van der Waals surface area contributed by atoms with Gasteiger partial charge in [-0.1, -0.05) is 6.92 Å². The molecule has 0 bridgehead atoms. The van der Waals surface area contributed by atoms with Crippen molar-refractivity contribution in [3.8, 4) is 0 Å². The van der Waals surface area contributed by atoms with Crippen LogP contribution in [0.1, 0.15) is 43.7 Å². The van der Waals surface area contributed by atoms with E-state index < -0.39 is 0 Å². The maximum atomic E-state index is 12.6. The molecule has 0 radical (unpaired) electrons. The van der Waals surface area contributed by atoms with Gasteiger partial charge in [-0.05, 0) is 48.2 Å². The Labute approximate surface area is 122 Å². The van der Waals surface area contributed by atoms with Crippen molar-refractivity contribution in [2.75, 3.05) is 13.1 Å². The number of hydrogen-bond acceptors (Lipinski definition) is 2. The number of aromatic nitrogens is 1. The lowest BCUT2D eigenvalue weighted by molar-refractivity contribution is 0.0290. The first-order chi connectivity index (χ1) is 8.90. The maximum absolute atomic E-state index is 12.6. The van der Waals surface area contributed by atoms with Crippen molar-refractivity contribution >= 4 is 21.8 Å². The van der Waals surface area contributed by atoms with E-state index >= 15 is 0 Å². The van der Waals surface area contributed by atoms with Crippen LogP contribution in [0.25, 0.3) is 0 Å². The fourth-order valence-corrected chi connectivity index (χ4v) is 2.96. The second-order valence-electron chi connectivity index (χ2n) is 5.63. The van der Waals surface area contributed by atoms with E-state index in [0.29, 0.717) is 25.2 Å². The standard InChI is InChI=1S/C14H21BrN2O2/c1-9(2)17-8-11(15)6-12(17)14(19)16-5-4-13(18)10(3)7-16/h6,8-10,13,18H,4-5,7H2,1-3H3. The number of amides is 1. The highest BCUT2D eigenvalue weighted by Gasteiger charge is 2.29. The number of rotatable bonds is 2. The molecule has 2 rings (SSSR count). The molecule has 1 N–H and O–H groups in total. The van der Waals surface area contributed by atoms with E-state index in [1.54, 1.807) is 0 Å². The van der Waals surface area contributed by atoms with Crippen molar-refractivity contribution in [3.05, 3.63) is 22.4 Å². The summed E-state index contributed by atoms with van der Waals surface area (Å²) >= 11 is 3.43. The number of piperidine rings is 1. The lowest BCUT2D eigenvalue weighted by Gasteiger charge is -2.34. The number of aliphatic hydroxyl groups is 1. The Morgan fingerprint density at radius 1 is 1.53 bits per heavy atom. The molecule has 1 saturated heterocycles. The lowest BCUT2D eigenvalue weighted by atomic mass is 9.96. The third-order valence-corrected chi connectivity index (χ3v) is 4.17. The summed E-state index contributed by atoms with van der Waals surface area (Å²) in [6.07, 6.45) is 2.32. The van der Waals surface area contributed by atoms with E-state index in [4.69, 9.17) is 0 Å². The normalized spacial score (nSPS) is 24.0. The van der Waals surface area contributed by atoms with Crippen LogP contribution < -0.4 is 0 Å². The van der Waals surface area contributed by atoms with Crippen LogP contribution in [0.5, 0.6) is 0 Å². The van der Waals surface area contributed by atoms with Crippen molar-refractivity contribution < 1.29 is 9.90 Å². The Morgan fingerprint density at radius 3 is 2.79 bits per heavy atom. The average Bonchev–Trinajstić information content (AvgIpc) is 2.74. The van der Waals surface area contributed by atoms with Gasteiger partial charge in [-0.3, -0.25) is 4.79 Å². The van der Waals surface area contributed by atoms with Gasteiger partial charge in [0.15, 0.2) is 0 Å². The van der Waals surface area contributed by atoms with Gasteiger partial charge in [-0.25, -0.2) is 0 Å². The summed E-state index contributed by atoms with van der Waals surface area (Å²) in [5.74, 6) is 0.196. The summed E-state index contributed by atoms with van der Waals surface area (Å²) in [6.45, 7) is 7.37. The Kier molecular flexibility index (Phi) is 4.36. The molecule has 2 heterocycles. The zero-order valence-corrected chi connectivity index (χ0v) is 13.2. The molecule has 1 aromatic rings. The predicted molar refractivity (Wildman–Crippen MR) is 78.2 cm³/mol. The van der Waals surface area contributed by atoms with Crippen molar-refractivity contribution in [2.24, 2.45) is 5.92 Å². The molecular formula is C14H21BrN2O2. The first-order valence-corrected chi connectivity index (χ1v) is 7.54. The van der Waals surface area contributed by atoms with Gasteiger partial charge in [0.05, 0.1) is 6.10 Å². The number of nitrogens with zero attached hydrogens (tertiary/aromatic N) is 2. The van der Waals surface area contributed by atoms with Crippen LogP contribution in [0.3, 0.4) is 0 Å². The quantitative estimate of drug-likeness (QED) is 0.907. The Bertz CT molecular complexity index is 470. The third kappa shape index (κ3) is 3.03. The van der Waals surface area contributed by atoms with Crippen molar-refractivity contribution in [1.82, 2.24) is 9.47 Å². The van der Waals surface area contributed by atoms with Crippen LogP contribution in [0.4, 0.5) is 0 Å². The molecular weight excluding hydrogens is 308 g/mol. The fourth-order valence-electron chi connectivity index (χ4n) is 2.52. The van der Waals surface area contributed by atoms with Gasteiger partial charge in [-0.2, -0.15) is 0 Å². The number of aliphatic hydroxyl groups excluding tert-OH is 1. The van der Waals surface area contributed by atoms with Gasteiger partial charge in [-0.15, -0.1) is 0 Å². The van der Waals surface area contributed by atoms with E-state index in [0.717, 1.165) is 4.47 Å². The number of hydrogen-bond donors (Lipinski definition) is 1. The van der Waals surface area contributed by atoms with Crippen LogP contribution in [0.15, 0.2) is 16.7 Å². The number of halogens is 1. The van der Waals surface area contributed by atoms with Gasteiger partial charge >= 0.3 is 0 Å². The third-order valence-electron chi connectivity index (χ3n) is 3.74. The van der Waals surface area contributed by atoms with E-state index in [2.05, 4.69) is 29.8 Å². The number of carbonyl (C=O) groups excluding carboxylic acids is 1. The second-order valence-corrected chi connectivity index (χ2v) is 6.54. The topological polar surface area (TPSA) is 45.5 Å². The summed E-state index contributed by atoms with van der Waals surface area (Å²) < 4.78 is 2.91. The van der Waals surface area contributed by atoms with Gasteiger partial charge in [0.25, 0.3) is 5.91 Å². The SMILES string of the molecule is CC1CN(C(=O)c2cc(Br)cn2C(C)C)CCC1O. The first kappa shape index (κ1) is 14.6. The minimum atomic E-state index is -0.285. The van der Waals surface area contributed by atoms with Gasteiger partial charge in [0, 0.05) is 29.8 Å². The predicted octanol–water partition coefficient (Wildman–Crippen LogP) is 2.67. The van der Waals surface area contributed by atoms with E-state index in [1.165, 1.54) is 0 Å². The molecule has 0 aliphatic carbocycles. The molecule has 1 amide bonds. The molecule has 19 heavy (non-hydrogen) atoms. The molecule has 2 atom stereocenters. The van der Waals surface area contributed by atoms with Crippen LogP contribution >= 0.6 is 15.9 Å². The largest absolute Gasteiger partial charge is 0.393 e. The molecule has 1 fully saturated rings. The van der Waals surface area contributed by atoms with E-state index in [-0.39, 0.29) is 24.0 Å². The van der Waals surface area contributed by atoms with Crippen LogP contribution in [-0.4, -0.2) is 39.7 Å². The monoisotopic (exact) mass is 328 g/mol. The maximum Gasteiger partial charge on any atom is 0.270 e. The summed E-state index contributed by atoms with van der Waals surface area (Å²) in [6, 6.07) is 2.12. The Morgan fingerprint density at radius 2 is 2.21 bits per heavy atom. The molecule has 106 valence electrons. The summed E-state index contributed by atoms with van der Waals surface area (Å²) in [5.41, 5.74) is 0.713. The summed E-state index contributed by atoms with van der Waals surface area (Å²) in [7, 11) is 0. The van der Waals surface area contributed by atoms with Crippen LogP contribution in [-0.2, 0) is 0 Å². The zero-order valence-electron chi connectivity index (χ0n) is 11.6. The minimum absolute atomic E-state index is 0.0538. The van der Waals surface area contributed by atoms with Gasteiger partial charge in [0.1, 0.15) is 5.69 Å².